The van der Waals surface area contributed by atoms with Crippen molar-refractivity contribution in [3.05, 3.63) is 101 Å². The Morgan fingerprint density at radius 2 is 1.31 bits per heavy atom. The lowest BCUT2D eigenvalue weighted by Crippen LogP contribution is -2.50. The van der Waals surface area contributed by atoms with Crippen LogP contribution in [0.5, 0.6) is 0 Å². The van der Waals surface area contributed by atoms with Crippen LogP contribution in [0, 0.1) is 0 Å². The first-order chi connectivity index (χ1) is 14.1. The van der Waals surface area contributed by atoms with Gasteiger partial charge in [0.25, 0.3) is 0 Å². The van der Waals surface area contributed by atoms with Crippen molar-refractivity contribution in [2.24, 2.45) is 0 Å². The Kier molecular flexibility index (Phi) is 4.29. The van der Waals surface area contributed by atoms with Crippen molar-refractivity contribution >= 4 is 29.0 Å². The van der Waals surface area contributed by atoms with E-state index in [1.54, 1.807) is 0 Å². The number of halogens is 1. The Bertz CT molecular complexity index is 1040. The summed E-state index contributed by atoms with van der Waals surface area (Å²) in [7, 11) is 0. The van der Waals surface area contributed by atoms with Crippen LogP contribution >= 0.6 is 11.6 Å². The van der Waals surface area contributed by atoms with E-state index in [1.165, 1.54) is 0 Å². The van der Waals surface area contributed by atoms with E-state index in [2.05, 4.69) is 5.32 Å². The number of anilines is 1. The third kappa shape index (κ3) is 2.65. The van der Waals surface area contributed by atoms with Gasteiger partial charge in [-0.15, -0.1) is 0 Å². The molecule has 1 saturated carbocycles. The van der Waals surface area contributed by atoms with Crippen LogP contribution in [0.2, 0.25) is 5.02 Å². The molecule has 0 aromatic heterocycles. The second kappa shape index (κ2) is 6.85. The van der Waals surface area contributed by atoms with Gasteiger partial charge in [-0.3, -0.25) is 9.59 Å². The molecule has 1 amide bonds. The molecule has 2 aliphatic rings. The van der Waals surface area contributed by atoms with Gasteiger partial charge >= 0.3 is 0 Å². The maximum absolute atomic E-state index is 13.8. The van der Waals surface area contributed by atoms with E-state index in [0.717, 1.165) is 22.4 Å². The number of Topliss-reactive ketones (excluding diaryl/α,β-unsaturated/α-hetero) is 1. The fraction of sp³-hybridized carbons (Fsp3) is 0.200. The molecule has 0 unspecified atom stereocenters. The van der Waals surface area contributed by atoms with E-state index in [0.29, 0.717) is 17.9 Å². The highest BCUT2D eigenvalue weighted by Crippen LogP contribution is 2.61. The summed E-state index contributed by atoms with van der Waals surface area (Å²) in [4.78, 5) is 26.7. The number of nitrogens with one attached hydrogen (secondary N) is 1. The zero-order chi connectivity index (χ0) is 20.0. The predicted octanol–water partition coefficient (Wildman–Crippen LogP) is 5.46. The molecule has 29 heavy (non-hydrogen) atoms. The van der Waals surface area contributed by atoms with E-state index in [9.17, 15) is 9.59 Å². The molecule has 1 aliphatic carbocycles. The van der Waals surface area contributed by atoms with Crippen molar-refractivity contribution in [1.29, 1.82) is 0 Å². The minimum Gasteiger partial charge on any atom is -0.325 e. The molecule has 1 fully saturated rings. The predicted molar refractivity (Wildman–Crippen MR) is 114 cm³/mol. The van der Waals surface area contributed by atoms with Crippen LogP contribution in [0.15, 0.2) is 78.9 Å². The molecule has 3 aromatic rings. The molecular formula is C25H20ClNO2. The van der Waals surface area contributed by atoms with Gasteiger partial charge in [-0.1, -0.05) is 78.3 Å². The van der Waals surface area contributed by atoms with Crippen LogP contribution in [0.3, 0.4) is 0 Å². The van der Waals surface area contributed by atoms with E-state index in [-0.39, 0.29) is 23.5 Å². The smallest absolute Gasteiger partial charge is 0.236 e. The Labute approximate surface area is 174 Å². The number of fused-ring (bicyclic) bond motifs is 2. The lowest BCUT2D eigenvalue weighted by Gasteiger charge is -2.46. The van der Waals surface area contributed by atoms with Crippen molar-refractivity contribution in [1.82, 2.24) is 0 Å². The summed E-state index contributed by atoms with van der Waals surface area (Å²) in [6, 6.07) is 25.4. The van der Waals surface area contributed by atoms with Gasteiger partial charge in [0.1, 0.15) is 5.78 Å². The lowest BCUT2D eigenvalue weighted by molar-refractivity contribution is -0.128. The molecule has 1 N–H and O–H groups in total. The SMILES string of the molecule is O=C1C[C@@H](c2ccccc2)C2(C(=O)Nc3cccc(Cl)c32)[C@H](c2ccccc2)C1. The van der Waals surface area contributed by atoms with Crippen LogP contribution in [0.1, 0.15) is 41.4 Å². The number of carbonyl (C=O) groups is 2. The number of hydrogen-bond donors (Lipinski definition) is 1. The van der Waals surface area contributed by atoms with Gasteiger partial charge in [-0.05, 0) is 23.3 Å². The molecule has 1 aliphatic heterocycles. The highest BCUT2D eigenvalue weighted by molar-refractivity contribution is 6.33. The molecule has 1 spiro atoms. The third-order valence-electron chi connectivity index (χ3n) is 6.42. The first-order valence-corrected chi connectivity index (χ1v) is 10.2. The van der Waals surface area contributed by atoms with Crippen molar-refractivity contribution in [3.63, 3.8) is 0 Å². The summed E-state index contributed by atoms with van der Waals surface area (Å²) < 4.78 is 0. The molecular weight excluding hydrogens is 382 g/mol. The van der Waals surface area contributed by atoms with Crippen molar-refractivity contribution in [2.75, 3.05) is 5.32 Å². The van der Waals surface area contributed by atoms with Crippen LogP contribution in [-0.4, -0.2) is 11.7 Å². The van der Waals surface area contributed by atoms with Gasteiger partial charge in [0.15, 0.2) is 0 Å². The highest BCUT2D eigenvalue weighted by atomic mass is 35.5. The fourth-order valence-electron chi connectivity index (χ4n) is 5.29. The Hall–Kier alpha value is -2.91. The zero-order valence-electron chi connectivity index (χ0n) is 15.8. The van der Waals surface area contributed by atoms with Gasteiger partial charge < -0.3 is 5.32 Å². The molecule has 2 atom stereocenters. The molecule has 0 bridgehead atoms. The summed E-state index contributed by atoms with van der Waals surface area (Å²) in [5, 5.41) is 3.65. The van der Waals surface area contributed by atoms with E-state index >= 15 is 0 Å². The lowest BCUT2D eigenvalue weighted by atomic mass is 9.54. The number of carbonyl (C=O) groups excluding carboxylic acids is 2. The quantitative estimate of drug-likeness (QED) is 0.619. The summed E-state index contributed by atoms with van der Waals surface area (Å²) >= 11 is 6.72. The van der Waals surface area contributed by atoms with Crippen LogP contribution in [-0.2, 0) is 15.0 Å². The van der Waals surface area contributed by atoms with Gasteiger partial charge in [0.2, 0.25) is 5.91 Å². The summed E-state index contributed by atoms with van der Waals surface area (Å²) in [5.41, 5.74) is 2.62. The maximum atomic E-state index is 13.8. The normalized spacial score (nSPS) is 22.4. The van der Waals surface area contributed by atoms with E-state index in [4.69, 9.17) is 11.6 Å². The van der Waals surface area contributed by atoms with Gasteiger partial charge in [0.05, 0.1) is 5.41 Å². The number of benzene rings is 3. The Morgan fingerprint density at radius 1 is 0.759 bits per heavy atom. The van der Waals surface area contributed by atoms with Crippen LogP contribution in [0.25, 0.3) is 0 Å². The van der Waals surface area contributed by atoms with Gasteiger partial charge in [0, 0.05) is 41.0 Å². The van der Waals surface area contributed by atoms with Crippen molar-refractivity contribution < 1.29 is 9.59 Å². The summed E-state index contributed by atoms with van der Waals surface area (Å²) in [6.07, 6.45) is 0.650. The minimum absolute atomic E-state index is 0.0733. The Balaban J connectivity index is 1.83. The van der Waals surface area contributed by atoms with Gasteiger partial charge in [-0.2, -0.15) is 0 Å². The second-order valence-electron chi connectivity index (χ2n) is 7.86. The van der Waals surface area contributed by atoms with Crippen LogP contribution in [0.4, 0.5) is 5.69 Å². The average Bonchev–Trinajstić information content (AvgIpc) is 3.04. The molecule has 3 nitrogen and oxygen atoms in total. The number of amides is 1. The van der Waals surface area contributed by atoms with E-state index < -0.39 is 5.41 Å². The summed E-state index contributed by atoms with van der Waals surface area (Å²) in [6.45, 7) is 0. The monoisotopic (exact) mass is 401 g/mol. The first kappa shape index (κ1) is 18.1. The number of rotatable bonds is 2. The molecule has 5 rings (SSSR count). The molecule has 144 valence electrons. The molecule has 0 radical (unpaired) electrons. The molecule has 0 saturated heterocycles. The minimum atomic E-state index is -0.926. The largest absolute Gasteiger partial charge is 0.325 e. The zero-order valence-corrected chi connectivity index (χ0v) is 16.5. The van der Waals surface area contributed by atoms with E-state index in [1.807, 2.05) is 78.9 Å². The third-order valence-corrected chi connectivity index (χ3v) is 6.73. The second-order valence-corrected chi connectivity index (χ2v) is 8.27. The topological polar surface area (TPSA) is 46.2 Å². The van der Waals surface area contributed by atoms with Gasteiger partial charge in [-0.25, -0.2) is 0 Å². The molecule has 3 aromatic carbocycles. The van der Waals surface area contributed by atoms with Crippen molar-refractivity contribution in [2.45, 2.75) is 30.1 Å². The number of ketones is 1. The highest BCUT2D eigenvalue weighted by Gasteiger charge is 2.61. The average molecular weight is 402 g/mol. The maximum Gasteiger partial charge on any atom is 0.236 e. The van der Waals surface area contributed by atoms with Crippen LogP contribution < -0.4 is 5.32 Å². The Morgan fingerprint density at radius 3 is 1.86 bits per heavy atom. The first-order valence-electron chi connectivity index (χ1n) is 9.84. The molecule has 4 heteroatoms. The fourth-order valence-corrected chi connectivity index (χ4v) is 5.62. The summed E-state index contributed by atoms with van der Waals surface area (Å²) in [5.74, 6) is -0.463. The van der Waals surface area contributed by atoms with Crippen molar-refractivity contribution in [3.8, 4) is 0 Å². The molecule has 1 heterocycles. The standard InChI is InChI=1S/C25H20ClNO2/c26-21-12-7-13-22-23(21)25(24(29)27-22)19(16-8-3-1-4-9-16)14-18(28)15-20(25)17-10-5-2-6-11-17/h1-13,19-20H,14-15H2,(H,27,29)/t19-,20-/m0/s1. The number of hydrogen-bond acceptors (Lipinski definition) is 2.